The third-order valence-electron chi connectivity index (χ3n) is 4.21. The molecule has 7 heteroatoms. The smallest absolute Gasteiger partial charge is 0.272 e. The lowest BCUT2D eigenvalue weighted by Crippen LogP contribution is -2.28. The van der Waals surface area contributed by atoms with Gasteiger partial charge in [0, 0.05) is 30.9 Å². The van der Waals surface area contributed by atoms with Crippen LogP contribution >= 0.6 is 0 Å². The van der Waals surface area contributed by atoms with Gasteiger partial charge < -0.3 is 14.4 Å². The number of rotatable bonds is 6. The van der Waals surface area contributed by atoms with Crippen LogP contribution < -0.4 is 9.47 Å². The Balaban J connectivity index is 1.83. The number of imidazole rings is 1. The fourth-order valence-electron chi connectivity index (χ4n) is 2.77. The average molecular weight is 369 g/mol. The molecule has 1 heterocycles. The highest BCUT2D eigenvalue weighted by molar-refractivity contribution is 5.92. The highest BCUT2D eigenvalue weighted by Crippen LogP contribution is 2.26. The van der Waals surface area contributed by atoms with Gasteiger partial charge in [-0.05, 0) is 36.4 Å². The van der Waals surface area contributed by atoms with Crippen LogP contribution in [0.1, 0.15) is 16.1 Å². The van der Waals surface area contributed by atoms with E-state index in [4.69, 9.17) is 9.47 Å². The van der Waals surface area contributed by atoms with E-state index in [9.17, 15) is 9.18 Å². The van der Waals surface area contributed by atoms with Crippen molar-refractivity contribution < 1.29 is 18.7 Å². The largest absolute Gasteiger partial charge is 0.497 e. The van der Waals surface area contributed by atoms with Crippen LogP contribution in [0.2, 0.25) is 0 Å². The van der Waals surface area contributed by atoms with E-state index in [1.807, 2.05) is 12.1 Å². The maximum absolute atomic E-state index is 13.2. The van der Waals surface area contributed by atoms with Crippen LogP contribution in [0.5, 0.6) is 11.5 Å². The summed E-state index contributed by atoms with van der Waals surface area (Å²) in [7, 11) is 4.86. The summed E-state index contributed by atoms with van der Waals surface area (Å²) in [4.78, 5) is 18.6. The number of benzene rings is 2. The van der Waals surface area contributed by atoms with E-state index in [-0.39, 0.29) is 11.7 Å². The van der Waals surface area contributed by atoms with Crippen LogP contribution in [0, 0.1) is 5.82 Å². The second kappa shape index (κ2) is 7.90. The maximum Gasteiger partial charge on any atom is 0.272 e. The van der Waals surface area contributed by atoms with Crippen LogP contribution in [0.25, 0.3) is 5.69 Å². The molecule has 3 aromatic rings. The first-order valence-corrected chi connectivity index (χ1v) is 8.28. The van der Waals surface area contributed by atoms with Crippen molar-refractivity contribution >= 4 is 5.91 Å². The third-order valence-corrected chi connectivity index (χ3v) is 4.21. The highest BCUT2D eigenvalue weighted by atomic mass is 19.1. The number of halogens is 1. The molecule has 3 rings (SSSR count). The van der Waals surface area contributed by atoms with E-state index in [0.717, 1.165) is 5.56 Å². The van der Waals surface area contributed by atoms with Gasteiger partial charge in [-0.15, -0.1) is 0 Å². The second-order valence-corrected chi connectivity index (χ2v) is 5.96. The molecular weight excluding hydrogens is 349 g/mol. The molecule has 0 aliphatic heterocycles. The zero-order valence-corrected chi connectivity index (χ0v) is 15.3. The Morgan fingerprint density at radius 1 is 1.15 bits per heavy atom. The van der Waals surface area contributed by atoms with Gasteiger partial charge in [0.15, 0.2) is 0 Å². The highest BCUT2D eigenvalue weighted by Gasteiger charge is 2.19. The number of aromatic nitrogens is 2. The predicted octanol–water partition coefficient (Wildman–Crippen LogP) is 3.30. The van der Waals surface area contributed by atoms with Crippen molar-refractivity contribution in [1.82, 2.24) is 14.5 Å². The zero-order chi connectivity index (χ0) is 19.4. The Labute approximate surface area is 156 Å². The Bertz CT molecular complexity index is 938. The Morgan fingerprint density at radius 3 is 2.56 bits per heavy atom. The number of hydrogen-bond acceptors (Lipinski definition) is 4. The minimum absolute atomic E-state index is 0.213. The van der Waals surface area contributed by atoms with Crippen LogP contribution in [0.4, 0.5) is 4.39 Å². The molecule has 0 radical (unpaired) electrons. The number of hydrogen-bond donors (Lipinski definition) is 0. The molecule has 0 saturated carbocycles. The number of methoxy groups -OCH3 is 2. The number of carbonyl (C=O) groups is 1. The van der Waals surface area contributed by atoms with E-state index in [2.05, 4.69) is 4.98 Å². The summed E-state index contributed by atoms with van der Waals surface area (Å²) in [5.74, 6) is 0.769. The molecule has 0 aliphatic rings. The molecule has 0 N–H and O–H groups in total. The molecule has 0 saturated heterocycles. The third kappa shape index (κ3) is 3.92. The Hall–Kier alpha value is -3.35. The van der Waals surface area contributed by atoms with Crippen molar-refractivity contribution in [2.45, 2.75) is 6.54 Å². The predicted molar refractivity (Wildman–Crippen MR) is 98.9 cm³/mol. The van der Waals surface area contributed by atoms with Crippen LogP contribution in [-0.4, -0.2) is 41.6 Å². The fraction of sp³-hybridized carbons (Fsp3) is 0.200. The molecule has 6 nitrogen and oxygen atoms in total. The summed E-state index contributed by atoms with van der Waals surface area (Å²) >= 11 is 0. The van der Waals surface area contributed by atoms with E-state index < -0.39 is 0 Å². The number of carbonyl (C=O) groups excluding carboxylic acids is 1. The first kappa shape index (κ1) is 18.4. The van der Waals surface area contributed by atoms with Crippen molar-refractivity contribution in [3.63, 3.8) is 0 Å². The van der Waals surface area contributed by atoms with E-state index >= 15 is 0 Å². The van der Waals surface area contributed by atoms with Crippen molar-refractivity contribution in [3.05, 3.63) is 72.1 Å². The summed E-state index contributed by atoms with van der Waals surface area (Å²) in [5.41, 5.74) is 1.89. The SMILES string of the molecule is COc1ccc(CN(C)C(=O)c2cncn2-c2ccc(F)cc2)c(OC)c1. The molecule has 2 aromatic carbocycles. The number of amides is 1. The average Bonchev–Trinajstić information content (AvgIpc) is 3.17. The zero-order valence-electron chi connectivity index (χ0n) is 15.3. The molecular formula is C20H20FN3O3. The van der Waals surface area contributed by atoms with Crippen LogP contribution in [0.3, 0.4) is 0 Å². The lowest BCUT2D eigenvalue weighted by molar-refractivity contribution is 0.0776. The van der Waals surface area contributed by atoms with Crippen molar-refractivity contribution in [3.8, 4) is 17.2 Å². The minimum atomic E-state index is -0.338. The van der Waals surface area contributed by atoms with Gasteiger partial charge in [0.1, 0.15) is 23.0 Å². The van der Waals surface area contributed by atoms with Gasteiger partial charge >= 0.3 is 0 Å². The minimum Gasteiger partial charge on any atom is -0.497 e. The lowest BCUT2D eigenvalue weighted by atomic mass is 10.1. The van der Waals surface area contributed by atoms with Gasteiger partial charge in [0.25, 0.3) is 5.91 Å². The van der Waals surface area contributed by atoms with Gasteiger partial charge in [-0.25, -0.2) is 9.37 Å². The second-order valence-electron chi connectivity index (χ2n) is 5.96. The quantitative estimate of drug-likeness (QED) is 0.669. The van der Waals surface area contributed by atoms with Crippen LogP contribution in [-0.2, 0) is 6.54 Å². The fourth-order valence-corrected chi connectivity index (χ4v) is 2.77. The molecule has 1 aromatic heterocycles. The van der Waals surface area contributed by atoms with Crippen molar-refractivity contribution in [1.29, 1.82) is 0 Å². The van der Waals surface area contributed by atoms with Crippen molar-refractivity contribution in [2.75, 3.05) is 21.3 Å². The number of nitrogens with zero attached hydrogens (tertiary/aromatic N) is 3. The van der Waals surface area contributed by atoms with Gasteiger partial charge in [-0.2, -0.15) is 0 Å². The van der Waals surface area contributed by atoms with Crippen LogP contribution in [0.15, 0.2) is 55.0 Å². The molecule has 0 aliphatic carbocycles. The molecule has 140 valence electrons. The molecule has 0 atom stereocenters. The topological polar surface area (TPSA) is 56.6 Å². The monoisotopic (exact) mass is 369 g/mol. The molecule has 0 unspecified atom stereocenters. The normalized spacial score (nSPS) is 10.5. The van der Waals surface area contributed by atoms with E-state index in [0.29, 0.717) is 29.4 Å². The maximum atomic E-state index is 13.2. The first-order valence-electron chi connectivity index (χ1n) is 8.28. The summed E-state index contributed by atoms with van der Waals surface area (Å²) in [6.45, 7) is 0.348. The first-order chi connectivity index (χ1) is 13.0. The van der Waals surface area contributed by atoms with Gasteiger partial charge in [-0.1, -0.05) is 0 Å². The summed E-state index contributed by atoms with van der Waals surface area (Å²) in [6, 6.07) is 11.3. The molecule has 1 amide bonds. The molecule has 0 spiro atoms. The van der Waals surface area contributed by atoms with Gasteiger partial charge in [-0.3, -0.25) is 9.36 Å². The lowest BCUT2D eigenvalue weighted by Gasteiger charge is -2.20. The Kier molecular flexibility index (Phi) is 5.40. The van der Waals surface area contributed by atoms with Crippen molar-refractivity contribution in [2.24, 2.45) is 0 Å². The summed E-state index contributed by atoms with van der Waals surface area (Å²) in [6.07, 6.45) is 3.02. The summed E-state index contributed by atoms with van der Waals surface area (Å²) < 4.78 is 25.4. The van der Waals surface area contributed by atoms with Gasteiger partial charge in [0.05, 0.1) is 26.7 Å². The van der Waals surface area contributed by atoms with E-state index in [1.165, 1.54) is 24.7 Å². The molecule has 0 fully saturated rings. The molecule has 0 bridgehead atoms. The van der Waals surface area contributed by atoms with E-state index in [1.54, 1.807) is 48.9 Å². The molecule has 27 heavy (non-hydrogen) atoms. The standard InChI is InChI=1S/C20H20FN3O3/c1-23(12-14-4-9-17(26-2)10-19(14)27-3)20(25)18-11-22-13-24(18)16-7-5-15(21)6-8-16/h4-11,13H,12H2,1-3H3. The van der Waals surface area contributed by atoms with Gasteiger partial charge in [0.2, 0.25) is 0 Å². The number of ether oxygens (including phenoxy) is 2. The summed E-state index contributed by atoms with van der Waals surface area (Å²) in [5, 5.41) is 0. The Morgan fingerprint density at radius 2 is 1.89 bits per heavy atom.